The number of para-hydroxylation sites is 1. The van der Waals surface area contributed by atoms with E-state index in [1.165, 1.54) is 0 Å². The van der Waals surface area contributed by atoms with Crippen molar-refractivity contribution in [2.45, 2.75) is 6.61 Å². The molecule has 0 atom stereocenters. The van der Waals surface area contributed by atoms with Gasteiger partial charge in [-0.3, -0.25) is 0 Å². The Bertz CT molecular complexity index is 1310. The van der Waals surface area contributed by atoms with Crippen LogP contribution in [-0.2, 0) is 6.61 Å². The first-order chi connectivity index (χ1) is 15.7. The fraction of sp³-hybridized carbons (Fsp3) is 0.120. The summed E-state index contributed by atoms with van der Waals surface area (Å²) < 4.78 is 16.9. The summed E-state index contributed by atoms with van der Waals surface area (Å²) in [5.41, 5.74) is 5.00. The number of benzene rings is 3. The normalized spacial score (nSPS) is 11.7. The molecular formula is C25H20ClN3O3. The number of hydrogen-bond acceptors (Lipinski definition) is 6. The lowest BCUT2D eigenvalue weighted by molar-refractivity contribution is 0.301. The van der Waals surface area contributed by atoms with Crippen molar-refractivity contribution < 1.29 is 14.2 Å². The van der Waals surface area contributed by atoms with Crippen molar-refractivity contribution in [2.24, 2.45) is 0 Å². The maximum atomic E-state index is 6.28. The average molecular weight is 446 g/mol. The quantitative estimate of drug-likeness (QED) is 0.399. The standard InChI is InChI=1S/C25H20ClN3O3/c1-30-17-10-11-22(31-2)20(13-17)27-25-28-23(15-6-5-7-16(26)12-15)19-14-32-21-9-4-3-8-18(21)24(19)29-25/h3-13H,14H2,1-2H3,(H,27,28,29). The van der Waals surface area contributed by atoms with E-state index in [0.29, 0.717) is 34.8 Å². The number of nitrogens with zero attached hydrogens (tertiary/aromatic N) is 2. The highest BCUT2D eigenvalue weighted by atomic mass is 35.5. The summed E-state index contributed by atoms with van der Waals surface area (Å²) in [6.45, 7) is 0.372. The lowest BCUT2D eigenvalue weighted by atomic mass is 9.98. The van der Waals surface area contributed by atoms with Gasteiger partial charge in [0.15, 0.2) is 0 Å². The summed E-state index contributed by atoms with van der Waals surface area (Å²) in [6.07, 6.45) is 0. The molecule has 0 saturated heterocycles. The smallest absolute Gasteiger partial charge is 0.228 e. The van der Waals surface area contributed by atoms with E-state index in [-0.39, 0.29) is 0 Å². The molecule has 0 unspecified atom stereocenters. The Labute approximate surface area is 190 Å². The molecule has 1 aromatic heterocycles. The summed E-state index contributed by atoms with van der Waals surface area (Å²) in [6, 6.07) is 21.0. The van der Waals surface area contributed by atoms with Crippen LogP contribution < -0.4 is 19.5 Å². The monoisotopic (exact) mass is 445 g/mol. The van der Waals surface area contributed by atoms with Crippen LogP contribution >= 0.6 is 11.6 Å². The van der Waals surface area contributed by atoms with Crippen molar-refractivity contribution in [3.63, 3.8) is 0 Å². The molecule has 2 heterocycles. The fourth-order valence-electron chi connectivity index (χ4n) is 3.74. The summed E-state index contributed by atoms with van der Waals surface area (Å²) in [7, 11) is 3.24. The molecule has 5 rings (SSSR count). The number of hydrogen-bond donors (Lipinski definition) is 1. The van der Waals surface area contributed by atoms with E-state index in [1.54, 1.807) is 14.2 Å². The second kappa shape index (κ2) is 8.40. The van der Waals surface area contributed by atoms with Gasteiger partial charge in [-0.2, -0.15) is 0 Å². The molecule has 0 fully saturated rings. The zero-order valence-electron chi connectivity index (χ0n) is 17.6. The minimum atomic E-state index is 0.372. The van der Waals surface area contributed by atoms with E-state index in [4.69, 9.17) is 35.8 Å². The Morgan fingerprint density at radius 3 is 2.56 bits per heavy atom. The lowest BCUT2D eigenvalue weighted by Gasteiger charge is -2.23. The number of halogens is 1. The Balaban J connectivity index is 1.69. The Morgan fingerprint density at radius 2 is 1.75 bits per heavy atom. The summed E-state index contributed by atoms with van der Waals surface area (Å²) in [5, 5.41) is 3.94. The molecule has 1 aliphatic rings. The number of aromatic nitrogens is 2. The molecule has 1 aliphatic heterocycles. The molecule has 0 spiro atoms. The summed E-state index contributed by atoms with van der Waals surface area (Å²) >= 11 is 6.28. The maximum Gasteiger partial charge on any atom is 0.228 e. The Kier molecular flexibility index (Phi) is 5.29. The lowest BCUT2D eigenvalue weighted by Crippen LogP contribution is -2.12. The van der Waals surface area contributed by atoms with Crippen LogP contribution in [0.2, 0.25) is 5.02 Å². The first kappa shape index (κ1) is 20.2. The molecule has 0 bridgehead atoms. The molecule has 32 heavy (non-hydrogen) atoms. The van der Waals surface area contributed by atoms with Crippen molar-refractivity contribution in [1.29, 1.82) is 0 Å². The summed E-state index contributed by atoms with van der Waals surface area (Å²) in [4.78, 5) is 9.70. The van der Waals surface area contributed by atoms with Gasteiger partial charge in [0.2, 0.25) is 5.95 Å². The SMILES string of the molecule is COc1ccc(OC)c(Nc2nc(-c3cccc(Cl)c3)c3c(n2)-c2ccccc2OC3)c1. The van der Waals surface area contributed by atoms with Gasteiger partial charge in [-0.25, -0.2) is 9.97 Å². The van der Waals surface area contributed by atoms with Crippen LogP contribution in [-0.4, -0.2) is 24.2 Å². The third kappa shape index (κ3) is 3.69. The largest absolute Gasteiger partial charge is 0.497 e. The molecule has 3 aromatic carbocycles. The average Bonchev–Trinajstić information content (AvgIpc) is 2.83. The highest BCUT2D eigenvalue weighted by molar-refractivity contribution is 6.30. The number of anilines is 2. The van der Waals surface area contributed by atoms with Gasteiger partial charge >= 0.3 is 0 Å². The minimum Gasteiger partial charge on any atom is -0.497 e. The van der Waals surface area contributed by atoms with Crippen molar-refractivity contribution in [3.05, 3.63) is 77.3 Å². The van der Waals surface area contributed by atoms with Gasteiger partial charge in [-0.05, 0) is 36.4 Å². The molecule has 0 saturated carbocycles. The van der Waals surface area contributed by atoms with Crippen LogP contribution in [0, 0.1) is 0 Å². The van der Waals surface area contributed by atoms with Crippen LogP contribution in [0.4, 0.5) is 11.6 Å². The van der Waals surface area contributed by atoms with Crippen molar-refractivity contribution in [2.75, 3.05) is 19.5 Å². The molecule has 0 radical (unpaired) electrons. The van der Waals surface area contributed by atoms with Gasteiger partial charge in [0.05, 0.1) is 31.3 Å². The van der Waals surface area contributed by atoms with Gasteiger partial charge in [-0.1, -0.05) is 35.9 Å². The first-order valence-corrected chi connectivity index (χ1v) is 10.4. The molecule has 0 aliphatic carbocycles. The Hall–Kier alpha value is -3.77. The van der Waals surface area contributed by atoms with E-state index in [1.807, 2.05) is 66.7 Å². The van der Waals surface area contributed by atoms with Gasteiger partial charge in [0.25, 0.3) is 0 Å². The third-order valence-corrected chi connectivity index (χ3v) is 5.51. The third-order valence-electron chi connectivity index (χ3n) is 5.27. The number of ether oxygens (including phenoxy) is 3. The zero-order valence-corrected chi connectivity index (χ0v) is 18.3. The van der Waals surface area contributed by atoms with Gasteiger partial charge in [0, 0.05) is 27.8 Å². The Morgan fingerprint density at radius 1 is 0.906 bits per heavy atom. The molecular weight excluding hydrogens is 426 g/mol. The minimum absolute atomic E-state index is 0.372. The second-order valence-electron chi connectivity index (χ2n) is 7.21. The number of nitrogens with one attached hydrogen (secondary N) is 1. The van der Waals surface area contributed by atoms with Crippen molar-refractivity contribution in [1.82, 2.24) is 9.97 Å². The molecule has 6 nitrogen and oxygen atoms in total. The predicted molar refractivity (Wildman–Crippen MR) is 125 cm³/mol. The first-order valence-electron chi connectivity index (χ1n) is 10.0. The maximum absolute atomic E-state index is 6.28. The fourth-order valence-corrected chi connectivity index (χ4v) is 3.93. The molecule has 7 heteroatoms. The van der Waals surface area contributed by atoms with E-state index < -0.39 is 0 Å². The van der Waals surface area contributed by atoms with E-state index >= 15 is 0 Å². The summed E-state index contributed by atoms with van der Waals surface area (Å²) in [5.74, 6) is 2.57. The number of rotatable bonds is 5. The topological polar surface area (TPSA) is 65.5 Å². The number of fused-ring (bicyclic) bond motifs is 3. The van der Waals surface area contributed by atoms with Crippen LogP contribution in [0.15, 0.2) is 66.7 Å². The number of methoxy groups -OCH3 is 2. The predicted octanol–water partition coefficient (Wildman–Crippen LogP) is 6.12. The van der Waals surface area contributed by atoms with E-state index in [0.717, 1.165) is 33.8 Å². The van der Waals surface area contributed by atoms with Crippen LogP contribution in [0.3, 0.4) is 0 Å². The molecule has 0 amide bonds. The highest BCUT2D eigenvalue weighted by Crippen LogP contribution is 2.41. The van der Waals surface area contributed by atoms with Crippen LogP contribution in [0.5, 0.6) is 17.2 Å². The van der Waals surface area contributed by atoms with Gasteiger partial charge < -0.3 is 19.5 Å². The van der Waals surface area contributed by atoms with E-state index in [9.17, 15) is 0 Å². The van der Waals surface area contributed by atoms with Gasteiger partial charge in [-0.15, -0.1) is 0 Å². The van der Waals surface area contributed by atoms with Crippen LogP contribution in [0.1, 0.15) is 5.56 Å². The van der Waals surface area contributed by atoms with E-state index in [2.05, 4.69) is 5.32 Å². The highest BCUT2D eigenvalue weighted by Gasteiger charge is 2.24. The zero-order chi connectivity index (χ0) is 22.1. The van der Waals surface area contributed by atoms with Crippen molar-refractivity contribution in [3.8, 4) is 39.8 Å². The van der Waals surface area contributed by atoms with Crippen molar-refractivity contribution >= 4 is 23.2 Å². The van der Waals surface area contributed by atoms with Crippen LogP contribution in [0.25, 0.3) is 22.5 Å². The molecule has 1 N–H and O–H groups in total. The second-order valence-corrected chi connectivity index (χ2v) is 7.65. The molecule has 4 aromatic rings. The molecule has 160 valence electrons. The van der Waals surface area contributed by atoms with Gasteiger partial charge in [0.1, 0.15) is 23.9 Å².